The van der Waals surface area contributed by atoms with E-state index in [4.69, 9.17) is 11.6 Å². The molecule has 0 aromatic heterocycles. The van der Waals surface area contributed by atoms with Gasteiger partial charge in [0.05, 0.1) is 6.67 Å². The third-order valence-electron chi connectivity index (χ3n) is 3.03. The average Bonchev–Trinajstić information content (AvgIpc) is 2.96. The maximum Gasteiger partial charge on any atom is 0.0897 e. The highest BCUT2D eigenvalue weighted by molar-refractivity contribution is 8.03. The predicted molar refractivity (Wildman–Crippen MR) is 95.7 cm³/mol. The van der Waals surface area contributed by atoms with Crippen molar-refractivity contribution in [3.8, 4) is 0 Å². The van der Waals surface area contributed by atoms with E-state index in [1.807, 2.05) is 37.3 Å². The molecule has 21 heavy (non-hydrogen) atoms. The SMILES string of the molecule is C=C(/C=C\C(=C/C)CCCF)C1=C/C(=C/C=C/CCl)CS1. The van der Waals surface area contributed by atoms with Gasteiger partial charge in [-0.2, -0.15) is 0 Å². The maximum atomic E-state index is 12.2. The van der Waals surface area contributed by atoms with Crippen molar-refractivity contribution in [2.24, 2.45) is 0 Å². The molecule has 0 fully saturated rings. The summed E-state index contributed by atoms with van der Waals surface area (Å²) in [6.45, 7) is 5.82. The van der Waals surface area contributed by atoms with Crippen LogP contribution in [0.1, 0.15) is 19.8 Å². The van der Waals surface area contributed by atoms with E-state index < -0.39 is 0 Å². The zero-order valence-corrected chi connectivity index (χ0v) is 14.0. The molecule has 0 atom stereocenters. The standard InChI is InChI=1S/C18H22ClFS/c1-3-16(8-6-12-20)10-9-15(2)18-13-17(14-21-18)7-4-5-11-19/h3-5,7,9-10,13H,2,6,8,11-12,14H2,1H3/b5-4+,10-9-,16-3-,17-7-. The number of hydrogen-bond donors (Lipinski definition) is 0. The second-order valence-corrected chi connectivity index (χ2v) is 5.96. The van der Waals surface area contributed by atoms with E-state index in [9.17, 15) is 4.39 Å². The van der Waals surface area contributed by atoms with E-state index in [-0.39, 0.29) is 6.67 Å². The van der Waals surface area contributed by atoms with Gasteiger partial charge in [-0.25, -0.2) is 0 Å². The summed E-state index contributed by atoms with van der Waals surface area (Å²) in [5.41, 5.74) is 3.43. The molecule has 3 heteroatoms. The number of thioether (sulfide) groups is 1. The third kappa shape index (κ3) is 7.01. The maximum absolute atomic E-state index is 12.2. The van der Waals surface area contributed by atoms with Gasteiger partial charge in [-0.1, -0.05) is 48.6 Å². The first-order valence-electron chi connectivity index (χ1n) is 7.06. The molecule has 114 valence electrons. The Morgan fingerprint density at radius 1 is 1.48 bits per heavy atom. The largest absolute Gasteiger partial charge is 0.251 e. The fourth-order valence-corrected chi connectivity index (χ4v) is 2.91. The van der Waals surface area contributed by atoms with Crippen molar-refractivity contribution >= 4 is 23.4 Å². The van der Waals surface area contributed by atoms with Crippen LogP contribution in [0.5, 0.6) is 0 Å². The van der Waals surface area contributed by atoms with Crippen LogP contribution >= 0.6 is 23.4 Å². The van der Waals surface area contributed by atoms with Crippen LogP contribution in [-0.2, 0) is 0 Å². The lowest BCUT2D eigenvalue weighted by Gasteiger charge is -2.01. The van der Waals surface area contributed by atoms with Crippen LogP contribution in [0.4, 0.5) is 4.39 Å². The minimum atomic E-state index is -0.267. The quantitative estimate of drug-likeness (QED) is 0.381. The summed E-state index contributed by atoms with van der Waals surface area (Å²) in [5.74, 6) is 1.50. The van der Waals surface area contributed by atoms with Gasteiger partial charge < -0.3 is 0 Å². The van der Waals surface area contributed by atoms with Gasteiger partial charge in [0.25, 0.3) is 0 Å². The molecule has 0 N–H and O–H groups in total. The molecule has 0 amide bonds. The first-order chi connectivity index (χ1) is 10.2. The Balaban J connectivity index is 2.62. The second kappa shape index (κ2) is 10.7. The molecule has 1 rings (SSSR count). The van der Waals surface area contributed by atoms with E-state index >= 15 is 0 Å². The highest BCUT2D eigenvalue weighted by atomic mass is 35.5. The Kier molecular flexibility index (Phi) is 9.20. The van der Waals surface area contributed by atoms with Crippen molar-refractivity contribution < 1.29 is 4.39 Å². The zero-order valence-electron chi connectivity index (χ0n) is 12.4. The zero-order chi connectivity index (χ0) is 15.5. The van der Waals surface area contributed by atoms with Crippen molar-refractivity contribution in [3.63, 3.8) is 0 Å². The van der Waals surface area contributed by atoms with Crippen molar-refractivity contribution in [2.75, 3.05) is 18.3 Å². The normalized spacial score (nSPS) is 18.1. The lowest BCUT2D eigenvalue weighted by molar-refractivity contribution is 0.473. The molecule has 0 radical (unpaired) electrons. The summed E-state index contributed by atoms with van der Waals surface area (Å²) in [6.07, 6.45) is 15.6. The molecule has 0 bridgehead atoms. The van der Waals surface area contributed by atoms with E-state index in [1.54, 1.807) is 11.8 Å². The van der Waals surface area contributed by atoms with Crippen molar-refractivity contribution in [1.82, 2.24) is 0 Å². The summed E-state index contributed by atoms with van der Waals surface area (Å²) in [6, 6.07) is 0. The first-order valence-corrected chi connectivity index (χ1v) is 8.58. The molecule has 0 spiro atoms. The van der Waals surface area contributed by atoms with Crippen LogP contribution in [0.2, 0.25) is 0 Å². The molecule has 0 nitrogen and oxygen atoms in total. The number of hydrogen-bond acceptors (Lipinski definition) is 1. The summed E-state index contributed by atoms with van der Waals surface area (Å²) in [4.78, 5) is 1.19. The predicted octanol–water partition coefficient (Wildman–Crippen LogP) is 6.15. The summed E-state index contributed by atoms with van der Waals surface area (Å²) < 4.78 is 12.2. The fraction of sp³-hybridized carbons (Fsp3) is 0.333. The Hall–Kier alpha value is -0.990. The monoisotopic (exact) mass is 324 g/mol. The molecule has 1 aliphatic heterocycles. The average molecular weight is 325 g/mol. The Morgan fingerprint density at radius 3 is 2.95 bits per heavy atom. The van der Waals surface area contributed by atoms with Gasteiger partial charge in [-0.05, 0) is 37.0 Å². The minimum absolute atomic E-state index is 0.267. The number of allylic oxidation sites excluding steroid dienone is 9. The molecular formula is C18H22ClFS. The van der Waals surface area contributed by atoms with Crippen molar-refractivity contribution in [1.29, 1.82) is 0 Å². The summed E-state index contributed by atoms with van der Waals surface area (Å²) in [5, 5.41) is 0. The Labute approximate surface area is 136 Å². The Morgan fingerprint density at radius 2 is 2.29 bits per heavy atom. The van der Waals surface area contributed by atoms with Gasteiger partial charge in [0.1, 0.15) is 0 Å². The van der Waals surface area contributed by atoms with Crippen LogP contribution in [0, 0.1) is 0 Å². The minimum Gasteiger partial charge on any atom is -0.251 e. The van der Waals surface area contributed by atoms with E-state index in [2.05, 4.69) is 18.7 Å². The van der Waals surface area contributed by atoms with Gasteiger partial charge >= 0.3 is 0 Å². The number of alkyl halides is 2. The lowest BCUT2D eigenvalue weighted by Crippen LogP contribution is -1.83. The van der Waals surface area contributed by atoms with Gasteiger partial charge in [-0.15, -0.1) is 23.4 Å². The third-order valence-corrected chi connectivity index (χ3v) is 4.38. The van der Waals surface area contributed by atoms with Crippen LogP contribution in [0.15, 0.2) is 70.7 Å². The molecule has 1 aliphatic rings. The Bertz CT molecular complexity index is 495. The van der Waals surface area contributed by atoms with E-state index in [0.717, 1.165) is 23.3 Å². The van der Waals surface area contributed by atoms with Crippen LogP contribution in [0.25, 0.3) is 0 Å². The van der Waals surface area contributed by atoms with Crippen LogP contribution in [0.3, 0.4) is 0 Å². The molecule has 0 aromatic carbocycles. The topological polar surface area (TPSA) is 0 Å². The van der Waals surface area contributed by atoms with Gasteiger partial charge in [0, 0.05) is 16.5 Å². The van der Waals surface area contributed by atoms with Crippen LogP contribution < -0.4 is 0 Å². The van der Waals surface area contributed by atoms with Crippen molar-refractivity contribution in [3.05, 3.63) is 70.7 Å². The molecule has 0 aliphatic carbocycles. The van der Waals surface area contributed by atoms with Crippen LogP contribution in [-0.4, -0.2) is 18.3 Å². The summed E-state index contributed by atoms with van der Waals surface area (Å²) >= 11 is 7.39. The second-order valence-electron chi connectivity index (χ2n) is 4.64. The van der Waals surface area contributed by atoms with Crippen molar-refractivity contribution in [2.45, 2.75) is 19.8 Å². The molecular weight excluding hydrogens is 303 g/mol. The summed E-state index contributed by atoms with van der Waals surface area (Å²) in [7, 11) is 0. The molecule has 1 heterocycles. The van der Waals surface area contributed by atoms with Gasteiger partial charge in [-0.3, -0.25) is 4.39 Å². The number of rotatable bonds is 8. The lowest BCUT2D eigenvalue weighted by atomic mass is 10.1. The van der Waals surface area contributed by atoms with E-state index in [1.165, 1.54) is 10.5 Å². The molecule has 0 unspecified atom stereocenters. The van der Waals surface area contributed by atoms with Gasteiger partial charge in [0.2, 0.25) is 0 Å². The van der Waals surface area contributed by atoms with Gasteiger partial charge in [0.15, 0.2) is 0 Å². The number of halogens is 2. The smallest absolute Gasteiger partial charge is 0.0897 e. The highest BCUT2D eigenvalue weighted by Gasteiger charge is 2.10. The van der Waals surface area contributed by atoms with E-state index in [0.29, 0.717) is 12.3 Å². The molecule has 0 saturated carbocycles. The highest BCUT2D eigenvalue weighted by Crippen LogP contribution is 2.34. The first kappa shape index (κ1) is 18.1. The molecule has 0 saturated heterocycles. The molecule has 0 aromatic rings. The fourth-order valence-electron chi connectivity index (χ4n) is 1.82.